The number of amides is 1. The molecule has 3 N–H and O–H groups in total. The number of nitrogens with one attached hydrogen (secondary N) is 1. The van der Waals surface area contributed by atoms with Crippen molar-refractivity contribution in [2.45, 2.75) is 45.9 Å². The van der Waals surface area contributed by atoms with E-state index in [9.17, 15) is 4.79 Å². The van der Waals surface area contributed by atoms with E-state index < -0.39 is 6.04 Å². The fraction of sp³-hybridized carbons (Fsp3) is 0.350. The Hall–Kier alpha value is -2.04. The standard InChI is InChI=1S/C20H26N2O2.ClH/c1-4-15(3)24-18-12-14(2)10-11-17(18)13-22-20(23)19(21)16-8-6-5-7-9-16;/h5-12,15,19H,4,13,21H2,1-3H3,(H,22,23);1H. The third kappa shape index (κ3) is 6.07. The Labute approximate surface area is 156 Å². The second-order valence-corrected chi connectivity index (χ2v) is 6.05. The van der Waals surface area contributed by atoms with Gasteiger partial charge in [0.25, 0.3) is 0 Å². The molecule has 0 aliphatic carbocycles. The third-order valence-electron chi connectivity index (χ3n) is 4.02. The van der Waals surface area contributed by atoms with Gasteiger partial charge in [0.05, 0.1) is 6.10 Å². The van der Waals surface area contributed by atoms with E-state index >= 15 is 0 Å². The molecule has 2 aromatic carbocycles. The van der Waals surface area contributed by atoms with Gasteiger partial charge in [-0.1, -0.05) is 49.4 Å². The lowest BCUT2D eigenvalue weighted by Crippen LogP contribution is -2.33. The van der Waals surface area contributed by atoms with Crippen LogP contribution in [0.5, 0.6) is 5.75 Å². The highest BCUT2D eigenvalue weighted by molar-refractivity contribution is 5.85. The fourth-order valence-corrected chi connectivity index (χ4v) is 2.32. The predicted octanol–water partition coefficient (Wildman–Crippen LogP) is 3.91. The maximum Gasteiger partial charge on any atom is 0.241 e. The van der Waals surface area contributed by atoms with Crippen LogP contribution in [0.3, 0.4) is 0 Å². The van der Waals surface area contributed by atoms with Crippen LogP contribution in [0, 0.1) is 6.92 Å². The summed E-state index contributed by atoms with van der Waals surface area (Å²) in [4.78, 5) is 12.3. The van der Waals surface area contributed by atoms with E-state index in [-0.39, 0.29) is 24.4 Å². The highest BCUT2D eigenvalue weighted by atomic mass is 35.5. The second kappa shape index (κ2) is 10.1. The molecule has 4 nitrogen and oxygen atoms in total. The van der Waals surface area contributed by atoms with Gasteiger partial charge in [-0.2, -0.15) is 0 Å². The summed E-state index contributed by atoms with van der Waals surface area (Å²) in [5.41, 5.74) is 8.91. The molecule has 0 heterocycles. The van der Waals surface area contributed by atoms with Crippen LogP contribution in [0.15, 0.2) is 48.5 Å². The summed E-state index contributed by atoms with van der Waals surface area (Å²) in [5.74, 6) is 0.620. The van der Waals surface area contributed by atoms with E-state index in [2.05, 4.69) is 12.2 Å². The zero-order valence-electron chi connectivity index (χ0n) is 15.0. The minimum atomic E-state index is -0.671. The number of halogens is 1. The molecule has 0 aromatic heterocycles. The van der Waals surface area contributed by atoms with E-state index in [0.29, 0.717) is 6.54 Å². The van der Waals surface area contributed by atoms with Crippen LogP contribution in [-0.4, -0.2) is 12.0 Å². The van der Waals surface area contributed by atoms with Crippen LogP contribution in [0.4, 0.5) is 0 Å². The van der Waals surface area contributed by atoms with Crippen molar-refractivity contribution >= 4 is 18.3 Å². The van der Waals surface area contributed by atoms with Crippen molar-refractivity contribution < 1.29 is 9.53 Å². The lowest BCUT2D eigenvalue weighted by Gasteiger charge is -2.18. The van der Waals surface area contributed by atoms with Crippen LogP contribution >= 0.6 is 12.4 Å². The summed E-state index contributed by atoms with van der Waals surface area (Å²) in [7, 11) is 0. The van der Waals surface area contributed by atoms with Gasteiger partial charge in [0.1, 0.15) is 11.8 Å². The molecule has 0 spiro atoms. The molecule has 25 heavy (non-hydrogen) atoms. The zero-order chi connectivity index (χ0) is 17.5. The zero-order valence-corrected chi connectivity index (χ0v) is 15.8. The predicted molar refractivity (Wildman–Crippen MR) is 104 cm³/mol. The summed E-state index contributed by atoms with van der Waals surface area (Å²) in [6, 6.07) is 14.7. The molecular formula is C20H27ClN2O2. The number of hydrogen-bond acceptors (Lipinski definition) is 3. The molecular weight excluding hydrogens is 336 g/mol. The molecule has 2 rings (SSSR count). The maximum atomic E-state index is 12.3. The van der Waals surface area contributed by atoms with Gasteiger partial charge < -0.3 is 15.8 Å². The monoisotopic (exact) mass is 362 g/mol. The van der Waals surface area contributed by atoms with Crippen molar-refractivity contribution in [1.29, 1.82) is 0 Å². The number of carbonyl (C=O) groups is 1. The lowest BCUT2D eigenvalue weighted by atomic mass is 10.1. The van der Waals surface area contributed by atoms with Gasteiger partial charge in [0.15, 0.2) is 0 Å². The Kier molecular flexibility index (Phi) is 8.46. The van der Waals surface area contributed by atoms with Crippen molar-refractivity contribution in [3.8, 4) is 5.75 Å². The molecule has 5 heteroatoms. The van der Waals surface area contributed by atoms with Gasteiger partial charge in [-0.15, -0.1) is 12.4 Å². The van der Waals surface area contributed by atoms with Gasteiger partial charge >= 0.3 is 0 Å². The summed E-state index contributed by atoms with van der Waals surface area (Å²) in [6.07, 6.45) is 1.06. The van der Waals surface area contributed by atoms with E-state index in [4.69, 9.17) is 10.5 Å². The van der Waals surface area contributed by atoms with Gasteiger partial charge in [0.2, 0.25) is 5.91 Å². The molecule has 0 saturated heterocycles. The van der Waals surface area contributed by atoms with Gasteiger partial charge in [-0.25, -0.2) is 0 Å². The van der Waals surface area contributed by atoms with Crippen LogP contribution in [0.1, 0.15) is 43.0 Å². The topological polar surface area (TPSA) is 64.3 Å². The highest BCUT2D eigenvalue weighted by Gasteiger charge is 2.16. The van der Waals surface area contributed by atoms with Gasteiger partial charge in [-0.05, 0) is 37.5 Å². The van der Waals surface area contributed by atoms with Crippen LogP contribution in [0.25, 0.3) is 0 Å². The number of carbonyl (C=O) groups excluding carboxylic acids is 1. The average molecular weight is 363 g/mol. The molecule has 0 radical (unpaired) electrons. The first-order chi connectivity index (χ1) is 11.5. The largest absolute Gasteiger partial charge is 0.490 e. The SMILES string of the molecule is CCC(C)Oc1cc(C)ccc1CNC(=O)C(N)c1ccccc1.Cl. The molecule has 0 fully saturated rings. The minimum Gasteiger partial charge on any atom is -0.490 e. The average Bonchev–Trinajstić information content (AvgIpc) is 2.60. The first-order valence-corrected chi connectivity index (χ1v) is 8.35. The van der Waals surface area contributed by atoms with E-state index in [1.165, 1.54) is 0 Å². The molecule has 0 aliphatic rings. The fourth-order valence-electron chi connectivity index (χ4n) is 2.32. The van der Waals surface area contributed by atoms with Crippen molar-refractivity contribution in [1.82, 2.24) is 5.32 Å². The minimum absolute atomic E-state index is 0. The Morgan fingerprint density at radius 1 is 1.20 bits per heavy atom. The molecule has 1 amide bonds. The molecule has 0 saturated carbocycles. The molecule has 0 bridgehead atoms. The molecule has 2 aromatic rings. The van der Waals surface area contributed by atoms with Crippen LogP contribution in [-0.2, 0) is 11.3 Å². The molecule has 2 atom stereocenters. The van der Waals surface area contributed by atoms with Crippen molar-refractivity contribution in [2.75, 3.05) is 0 Å². The Bertz CT molecular complexity index is 677. The van der Waals surface area contributed by atoms with Gasteiger partial charge in [0, 0.05) is 12.1 Å². The number of ether oxygens (including phenoxy) is 1. The highest BCUT2D eigenvalue weighted by Crippen LogP contribution is 2.22. The normalized spacial score (nSPS) is 12.6. The van der Waals surface area contributed by atoms with Crippen LogP contribution in [0.2, 0.25) is 0 Å². The third-order valence-corrected chi connectivity index (χ3v) is 4.02. The number of benzene rings is 2. The van der Waals surface area contributed by atoms with E-state index in [0.717, 1.165) is 28.9 Å². The first-order valence-electron chi connectivity index (χ1n) is 8.35. The summed E-state index contributed by atoms with van der Waals surface area (Å²) in [6.45, 7) is 6.54. The summed E-state index contributed by atoms with van der Waals surface area (Å²) in [5, 5.41) is 2.90. The van der Waals surface area contributed by atoms with Gasteiger partial charge in [-0.3, -0.25) is 4.79 Å². The summed E-state index contributed by atoms with van der Waals surface area (Å²) < 4.78 is 5.97. The number of hydrogen-bond donors (Lipinski definition) is 2. The number of rotatable bonds is 7. The van der Waals surface area contributed by atoms with Crippen molar-refractivity contribution in [2.24, 2.45) is 5.73 Å². The Morgan fingerprint density at radius 2 is 1.88 bits per heavy atom. The number of nitrogens with two attached hydrogens (primary N) is 1. The second-order valence-electron chi connectivity index (χ2n) is 6.05. The first kappa shape index (κ1) is 21.0. The molecule has 2 unspecified atom stereocenters. The lowest BCUT2D eigenvalue weighted by molar-refractivity contribution is -0.122. The number of aryl methyl sites for hydroxylation is 1. The quantitative estimate of drug-likeness (QED) is 0.784. The Morgan fingerprint density at radius 3 is 2.52 bits per heavy atom. The summed E-state index contributed by atoms with van der Waals surface area (Å²) >= 11 is 0. The molecule has 0 aliphatic heterocycles. The Balaban J connectivity index is 0.00000312. The van der Waals surface area contributed by atoms with Crippen molar-refractivity contribution in [3.05, 3.63) is 65.2 Å². The van der Waals surface area contributed by atoms with Crippen molar-refractivity contribution in [3.63, 3.8) is 0 Å². The maximum absolute atomic E-state index is 12.3. The smallest absolute Gasteiger partial charge is 0.241 e. The molecule has 136 valence electrons. The van der Waals surface area contributed by atoms with Crippen LogP contribution < -0.4 is 15.8 Å². The van der Waals surface area contributed by atoms with E-state index in [1.54, 1.807) is 0 Å². The van der Waals surface area contributed by atoms with E-state index in [1.807, 2.05) is 62.4 Å².